The molecule has 0 aromatic heterocycles. The predicted octanol–water partition coefficient (Wildman–Crippen LogP) is 2.59. The van der Waals surface area contributed by atoms with E-state index in [0.717, 1.165) is 16.8 Å². The number of amides is 2. The Morgan fingerprint density at radius 3 is 2.69 bits per heavy atom. The van der Waals surface area contributed by atoms with Crippen molar-refractivity contribution in [2.45, 2.75) is 19.8 Å². The van der Waals surface area contributed by atoms with E-state index in [2.05, 4.69) is 15.8 Å². The fraction of sp³-hybridized carbons (Fsp3) is 0.211. The standard InChI is InChI=1S/C19H19N3O4/c1-13-4-2-3-5-15(13)21-18(23)8-9-19(24)22-20-11-14-6-7-16-17(10-14)26-12-25-16/h2-7,10-11H,8-9,12H2,1H3,(H,21,23)(H,22,24)/b20-11+. The highest BCUT2D eigenvalue weighted by molar-refractivity contribution is 5.94. The second kappa shape index (κ2) is 8.15. The summed E-state index contributed by atoms with van der Waals surface area (Å²) >= 11 is 0. The highest BCUT2D eigenvalue weighted by Crippen LogP contribution is 2.31. The molecule has 0 bridgehead atoms. The van der Waals surface area contributed by atoms with Gasteiger partial charge in [-0.05, 0) is 42.3 Å². The Balaban J connectivity index is 1.42. The van der Waals surface area contributed by atoms with Gasteiger partial charge in [0.05, 0.1) is 6.21 Å². The molecule has 7 heteroatoms. The molecule has 2 amide bonds. The van der Waals surface area contributed by atoms with E-state index in [1.165, 1.54) is 6.21 Å². The number of hydrogen-bond acceptors (Lipinski definition) is 5. The van der Waals surface area contributed by atoms with Crippen LogP contribution in [0.15, 0.2) is 47.6 Å². The van der Waals surface area contributed by atoms with Crippen LogP contribution >= 0.6 is 0 Å². The number of benzene rings is 2. The number of carbonyl (C=O) groups excluding carboxylic acids is 2. The van der Waals surface area contributed by atoms with E-state index in [-0.39, 0.29) is 31.4 Å². The number of nitrogens with zero attached hydrogens (tertiary/aromatic N) is 1. The molecule has 0 aliphatic carbocycles. The Morgan fingerprint density at radius 2 is 1.85 bits per heavy atom. The number of para-hydroxylation sites is 1. The summed E-state index contributed by atoms with van der Waals surface area (Å²) in [6.45, 7) is 2.12. The van der Waals surface area contributed by atoms with Crippen LogP contribution in [-0.2, 0) is 9.59 Å². The number of aryl methyl sites for hydroxylation is 1. The Labute approximate surface area is 151 Å². The minimum absolute atomic E-state index is 0.0518. The molecule has 1 aliphatic rings. The van der Waals surface area contributed by atoms with Crippen molar-refractivity contribution in [2.75, 3.05) is 12.1 Å². The lowest BCUT2D eigenvalue weighted by molar-refractivity contribution is -0.124. The van der Waals surface area contributed by atoms with Crippen molar-refractivity contribution < 1.29 is 19.1 Å². The molecule has 0 radical (unpaired) electrons. The minimum atomic E-state index is -0.332. The molecule has 3 rings (SSSR count). The largest absolute Gasteiger partial charge is 0.454 e. The molecule has 0 atom stereocenters. The van der Waals surface area contributed by atoms with Crippen LogP contribution in [-0.4, -0.2) is 24.8 Å². The van der Waals surface area contributed by atoms with Gasteiger partial charge in [-0.1, -0.05) is 18.2 Å². The zero-order chi connectivity index (χ0) is 18.4. The first-order valence-corrected chi connectivity index (χ1v) is 8.19. The van der Waals surface area contributed by atoms with Gasteiger partial charge in [0, 0.05) is 18.5 Å². The number of ether oxygens (including phenoxy) is 2. The maximum atomic E-state index is 11.9. The fourth-order valence-electron chi connectivity index (χ4n) is 2.38. The topological polar surface area (TPSA) is 89.0 Å². The minimum Gasteiger partial charge on any atom is -0.454 e. The molecule has 1 heterocycles. The zero-order valence-corrected chi connectivity index (χ0v) is 14.3. The van der Waals surface area contributed by atoms with Crippen LogP contribution < -0.4 is 20.2 Å². The van der Waals surface area contributed by atoms with Crippen molar-refractivity contribution in [1.82, 2.24) is 5.43 Å². The third-order valence-corrected chi connectivity index (χ3v) is 3.80. The quantitative estimate of drug-likeness (QED) is 0.617. The van der Waals surface area contributed by atoms with Gasteiger partial charge in [-0.3, -0.25) is 9.59 Å². The molecule has 0 saturated heterocycles. The SMILES string of the molecule is Cc1ccccc1NC(=O)CCC(=O)N/N=C/c1ccc2c(c1)OCO2. The lowest BCUT2D eigenvalue weighted by atomic mass is 10.2. The predicted molar refractivity (Wildman–Crippen MR) is 97.3 cm³/mol. The average Bonchev–Trinajstić information content (AvgIpc) is 3.10. The van der Waals surface area contributed by atoms with E-state index in [4.69, 9.17) is 9.47 Å². The molecule has 2 aromatic carbocycles. The molecule has 2 N–H and O–H groups in total. The third-order valence-electron chi connectivity index (χ3n) is 3.80. The molecule has 26 heavy (non-hydrogen) atoms. The number of hydrazone groups is 1. The summed E-state index contributed by atoms with van der Waals surface area (Å²) in [5, 5.41) is 6.68. The maximum Gasteiger partial charge on any atom is 0.240 e. The second-order valence-electron chi connectivity index (χ2n) is 5.77. The number of hydrogen-bond donors (Lipinski definition) is 2. The van der Waals surface area contributed by atoms with Crippen LogP contribution in [0, 0.1) is 6.92 Å². The van der Waals surface area contributed by atoms with Crippen molar-refractivity contribution in [3.63, 3.8) is 0 Å². The van der Waals surface area contributed by atoms with Gasteiger partial charge in [0.2, 0.25) is 18.6 Å². The van der Waals surface area contributed by atoms with Gasteiger partial charge in [0.15, 0.2) is 11.5 Å². The van der Waals surface area contributed by atoms with E-state index in [1.807, 2.05) is 31.2 Å². The van der Waals surface area contributed by atoms with Crippen LogP contribution in [0.5, 0.6) is 11.5 Å². The van der Waals surface area contributed by atoms with Gasteiger partial charge < -0.3 is 14.8 Å². The van der Waals surface area contributed by atoms with Crippen LogP contribution in [0.25, 0.3) is 0 Å². The van der Waals surface area contributed by atoms with E-state index < -0.39 is 0 Å². The highest BCUT2D eigenvalue weighted by atomic mass is 16.7. The molecule has 0 unspecified atom stereocenters. The lowest BCUT2D eigenvalue weighted by Gasteiger charge is -2.07. The summed E-state index contributed by atoms with van der Waals surface area (Å²) < 4.78 is 10.5. The Kier molecular flexibility index (Phi) is 5.48. The highest BCUT2D eigenvalue weighted by Gasteiger charge is 2.12. The van der Waals surface area contributed by atoms with Gasteiger partial charge in [-0.25, -0.2) is 5.43 Å². The summed E-state index contributed by atoms with van der Waals surface area (Å²) in [5.74, 6) is 0.787. The molecule has 0 fully saturated rings. The van der Waals surface area contributed by atoms with E-state index in [9.17, 15) is 9.59 Å². The van der Waals surface area contributed by atoms with Crippen molar-refractivity contribution in [3.05, 3.63) is 53.6 Å². The van der Waals surface area contributed by atoms with E-state index in [1.54, 1.807) is 18.2 Å². The van der Waals surface area contributed by atoms with Crippen LogP contribution in [0.4, 0.5) is 5.69 Å². The van der Waals surface area contributed by atoms with Crippen molar-refractivity contribution in [2.24, 2.45) is 5.10 Å². The van der Waals surface area contributed by atoms with Gasteiger partial charge in [0.1, 0.15) is 0 Å². The summed E-state index contributed by atoms with van der Waals surface area (Å²) in [6, 6.07) is 12.8. The van der Waals surface area contributed by atoms with Gasteiger partial charge in [-0.2, -0.15) is 5.10 Å². The number of carbonyl (C=O) groups is 2. The maximum absolute atomic E-state index is 11.9. The smallest absolute Gasteiger partial charge is 0.240 e. The molecule has 2 aromatic rings. The second-order valence-corrected chi connectivity index (χ2v) is 5.77. The Morgan fingerprint density at radius 1 is 1.08 bits per heavy atom. The summed E-state index contributed by atoms with van der Waals surface area (Å²) in [5.41, 5.74) is 4.90. The van der Waals surface area contributed by atoms with Crippen molar-refractivity contribution in [1.29, 1.82) is 0 Å². The van der Waals surface area contributed by atoms with Crippen LogP contribution in [0.2, 0.25) is 0 Å². The fourth-order valence-corrected chi connectivity index (χ4v) is 2.38. The first-order chi connectivity index (χ1) is 12.6. The van der Waals surface area contributed by atoms with E-state index >= 15 is 0 Å². The van der Waals surface area contributed by atoms with E-state index in [0.29, 0.717) is 11.5 Å². The molecular weight excluding hydrogens is 334 g/mol. The Bertz CT molecular complexity index is 848. The number of fused-ring (bicyclic) bond motifs is 1. The summed E-state index contributed by atoms with van der Waals surface area (Å²) in [7, 11) is 0. The number of anilines is 1. The lowest BCUT2D eigenvalue weighted by Crippen LogP contribution is -2.20. The molecular formula is C19H19N3O4. The molecule has 0 spiro atoms. The summed E-state index contributed by atoms with van der Waals surface area (Å²) in [6.07, 6.45) is 1.64. The number of nitrogens with one attached hydrogen (secondary N) is 2. The monoisotopic (exact) mass is 353 g/mol. The van der Waals surface area contributed by atoms with Crippen LogP contribution in [0.3, 0.4) is 0 Å². The Hall–Kier alpha value is -3.35. The van der Waals surface area contributed by atoms with Gasteiger partial charge in [-0.15, -0.1) is 0 Å². The number of rotatable bonds is 6. The van der Waals surface area contributed by atoms with Gasteiger partial charge >= 0.3 is 0 Å². The van der Waals surface area contributed by atoms with Gasteiger partial charge in [0.25, 0.3) is 0 Å². The molecule has 7 nitrogen and oxygen atoms in total. The molecule has 1 aliphatic heterocycles. The molecule has 0 saturated carbocycles. The first-order valence-electron chi connectivity index (χ1n) is 8.19. The summed E-state index contributed by atoms with van der Waals surface area (Å²) in [4.78, 5) is 23.7. The molecule has 134 valence electrons. The third kappa shape index (κ3) is 4.60. The van der Waals surface area contributed by atoms with Crippen LogP contribution in [0.1, 0.15) is 24.0 Å². The van der Waals surface area contributed by atoms with Crippen molar-refractivity contribution >= 4 is 23.7 Å². The zero-order valence-electron chi connectivity index (χ0n) is 14.3. The van der Waals surface area contributed by atoms with Crippen molar-refractivity contribution in [3.8, 4) is 11.5 Å². The normalized spacial score (nSPS) is 12.2. The first kappa shape index (κ1) is 17.5. The average molecular weight is 353 g/mol.